The number of hydrogen-bond acceptors (Lipinski definition) is 5. The van der Waals surface area contributed by atoms with E-state index in [1.165, 1.54) is 11.8 Å². The number of fused-ring (bicyclic) bond motifs is 1. The summed E-state index contributed by atoms with van der Waals surface area (Å²) in [6.45, 7) is 0.239. The maximum atomic E-state index is 11.7. The van der Waals surface area contributed by atoms with E-state index in [4.69, 9.17) is 9.47 Å². The zero-order valence-corrected chi connectivity index (χ0v) is 12.5. The Kier molecular flexibility index (Phi) is 4.60. The Balaban J connectivity index is 1.48. The van der Waals surface area contributed by atoms with Gasteiger partial charge in [0, 0.05) is 4.90 Å². The van der Waals surface area contributed by atoms with Crippen molar-refractivity contribution >= 4 is 23.9 Å². The molecule has 0 saturated heterocycles. The summed E-state index contributed by atoms with van der Waals surface area (Å²) in [5, 5.41) is 3.95. The molecule has 1 amide bonds. The van der Waals surface area contributed by atoms with Gasteiger partial charge >= 0.3 is 0 Å². The molecule has 0 fully saturated rings. The molecular weight excluding hydrogens is 300 g/mol. The predicted octanol–water partition coefficient (Wildman–Crippen LogP) is 2.66. The number of hydrazone groups is 1. The van der Waals surface area contributed by atoms with E-state index in [0.29, 0.717) is 11.5 Å². The van der Waals surface area contributed by atoms with Gasteiger partial charge in [-0.05, 0) is 35.9 Å². The highest BCUT2D eigenvalue weighted by Crippen LogP contribution is 2.31. The molecule has 3 rings (SSSR count). The van der Waals surface area contributed by atoms with Crippen molar-refractivity contribution in [2.24, 2.45) is 5.10 Å². The molecule has 0 aliphatic carbocycles. The molecule has 0 atom stereocenters. The quantitative estimate of drug-likeness (QED) is 0.524. The second kappa shape index (κ2) is 7.00. The van der Waals surface area contributed by atoms with Crippen LogP contribution in [0.5, 0.6) is 11.5 Å². The van der Waals surface area contributed by atoms with Gasteiger partial charge in [-0.2, -0.15) is 5.10 Å². The SMILES string of the molecule is O=C(CSc1ccccc1)N/N=C\c1ccc2c(c1)OCO2. The molecule has 2 aromatic rings. The van der Waals surface area contributed by atoms with Crippen LogP contribution in [0.15, 0.2) is 58.5 Å². The van der Waals surface area contributed by atoms with E-state index in [-0.39, 0.29) is 12.7 Å². The van der Waals surface area contributed by atoms with E-state index in [2.05, 4.69) is 10.5 Å². The first kappa shape index (κ1) is 14.5. The number of nitrogens with zero attached hydrogens (tertiary/aromatic N) is 1. The van der Waals surface area contributed by atoms with Crippen molar-refractivity contribution in [1.29, 1.82) is 0 Å². The predicted molar refractivity (Wildman–Crippen MR) is 85.5 cm³/mol. The highest BCUT2D eigenvalue weighted by atomic mass is 32.2. The van der Waals surface area contributed by atoms with Crippen molar-refractivity contribution in [3.05, 3.63) is 54.1 Å². The third kappa shape index (κ3) is 3.79. The minimum Gasteiger partial charge on any atom is -0.454 e. The number of nitrogens with one attached hydrogen (secondary N) is 1. The fraction of sp³-hybridized carbons (Fsp3) is 0.125. The number of rotatable bonds is 5. The number of benzene rings is 2. The van der Waals surface area contributed by atoms with Gasteiger partial charge < -0.3 is 9.47 Å². The lowest BCUT2D eigenvalue weighted by Crippen LogP contribution is -2.19. The van der Waals surface area contributed by atoms with Crippen LogP contribution < -0.4 is 14.9 Å². The van der Waals surface area contributed by atoms with Crippen molar-refractivity contribution in [1.82, 2.24) is 5.43 Å². The Labute approximate surface area is 132 Å². The van der Waals surface area contributed by atoms with E-state index in [1.807, 2.05) is 48.5 Å². The van der Waals surface area contributed by atoms with Gasteiger partial charge in [-0.25, -0.2) is 5.43 Å². The van der Waals surface area contributed by atoms with Crippen LogP contribution in [0.4, 0.5) is 0 Å². The average molecular weight is 314 g/mol. The summed E-state index contributed by atoms with van der Waals surface area (Å²) in [5.41, 5.74) is 3.34. The molecule has 1 heterocycles. The molecule has 0 aromatic heterocycles. The van der Waals surface area contributed by atoms with E-state index in [1.54, 1.807) is 6.21 Å². The van der Waals surface area contributed by atoms with Crippen molar-refractivity contribution in [2.45, 2.75) is 4.90 Å². The van der Waals surface area contributed by atoms with Gasteiger partial charge in [0.05, 0.1) is 12.0 Å². The first-order chi connectivity index (χ1) is 10.8. The van der Waals surface area contributed by atoms with Gasteiger partial charge in [0.25, 0.3) is 0 Å². The molecule has 2 aromatic carbocycles. The molecule has 22 heavy (non-hydrogen) atoms. The molecule has 0 bridgehead atoms. The van der Waals surface area contributed by atoms with Crippen LogP contribution in [-0.2, 0) is 4.79 Å². The fourth-order valence-electron chi connectivity index (χ4n) is 1.87. The van der Waals surface area contributed by atoms with Crippen molar-refractivity contribution in [3.63, 3.8) is 0 Å². The smallest absolute Gasteiger partial charge is 0.250 e. The van der Waals surface area contributed by atoms with Crippen LogP contribution in [-0.4, -0.2) is 24.7 Å². The lowest BCUT2D eigenvalue weighted by molar-refractivity contribution is -0.118. The molecular formula is C16H14N2O3S. The number of amides is 1. The molecule has 0 radical (unpaired) electrons. The fourth-order valence-corrected chi connectivity index (χ4v) is 2.58. The maximum Gasteiger partial charge on any atom is 0.250 e. The maximum absolute atomic E-state index is 11.7. The van der Waals surface area contributed by atoms with E-state index in [0.717, 1.165) is 16.2 Å². The van der Waals surface area contributed by atoms with Crippen molar-refractivity contribution < 1.29 is 14.3 Å². The largest absolute Gasteiger partial charge is 0.454 e. The third-order valence-corrected chi connectivity index (χ3v) is 3.92. The van der Waals surface area contributed by atoms with Gasteiger partial charge in [-0.15, -0.1) is 11.8 Å². The number of ether oxygens (including phenoxy) is 2. The zero-order chi connectivity index (χ0) is 15.2. The number of hydrogen-bond donors (Lipinski definition) is 1. The Morgan fingerprint density at radius 2 is 2.00 bits per heavy atom. The van der Waals surface area contributed by atoms with E-state index >= 15 is 0 Å². The molecule has 6 heteroatoms. The first-order valence-electron chi connectivity index (χ1n) is 6.71. The molecule has 112 valence electrons. The monoisotopic (exact) mass is 314 g/mol. The lowest BCUT2D eigenvalue weighted by atomic mass is 10.2. The summed E-state index contributed by atoms with van der Waals surface area (Å²) in [6.07, 6.45) is 1.58. The lowest BCUT2D eigenvalue weighted by Gasteiger charge is -2.01. The van der Waals surface area contributed by atoms with Crippen LogP contribution in [0.2, 0.25) is 0 Å². The normalized spacial score (nSPS) is 12.5. The van der Waals surface area contributed by atoms with Crippen molar-refractivity contribution in [2.75, 3.05) is 12.5 Å². The van der Waals surface area contributed by atoms with Crippen LogP contribution in [0.1, 0.15) is 5.56 Å². The van der Waals surface area contributed by atoms with Gasteiger partial charge in [0.2, 0.25) is 12.7 Å². The van der Waals surface area contributed by atoms with Gasteiger partial charge in [0.1, 0.15) is 0 Å². The summed E-state index contributed by atoms with van der Waals surface area (Å²) in [7, 11) is 0. The topological polar surface area (TPSA) is 59.9 Å². The number of thioether (sulfide) groups is 1. The second-order valence-electron chi connectivity index (χ2n) is 4.51. The zero-order valence-electron chi connectivity index (χ0n) is 11.7. The van der Waals surface area contributed by atoms with Crippen LogP contribution in [0.25, 0.3) is 0 Å². The minimum atomic E-state index is -0.147. The Morgan fingerprint density at radius 1 is 1.18 bits per heavy atom. The molecule has 5 nitrogen and oxygen atoms in total. The average Bonchev–Trinajstić information content (AvgIpc) is 3.02. The molecule has 0 unspecified atom stereocenters. The Hall–Kier alpha value is -2.47. The minimum absolute atomic E-state index is 0.147. The summed E-state index contributed by atoms with van der Waals surface area (Å²) in [4.78, 5) is 12.8. The number of carbonyl (C=O) groups excluding carboxylic acids is 1. The van der Waals surface area contributed by atoms with Gasteiger partial charge in [-0.3, -0.25) is 4.79 Å². The van der Waals surface area contributed by atoms with E-state index in [9.17, 15) is 4.79 Å². The second-order valence-corrected chi connectivity index (χ2v) is 5.56. The third-order valence-electron chi connectivity index (χ3n) is 2.91. The summed E-state index contributed by atoms with van der Waals surface area (Å²) >= 11 is 1.47. The summed E-state index contributed by atoms with van der Waals surface area (Å²) < 4.78 is 10.5. The Morgan fingerprint density at radius 3 is 2.86 bits per heavy atom. The highest BCUT2D eigenvalue weighted by Gasteiger charge is 2.12. The molecule has 1 N–H and O–H groups in total. The van der Waals surface area contributed by atoms with Crippen LogP contribution in [0, 0.1) is 0 Å². The van der Waals surface area contributed by atoms with Crippen molar-refractivity contribution in [3.8, 4) is 11.5 Å². The standard InChI is InChI=1S/C16H14N2O3S/c19-16(10-22-13-4-2-1-3-5-13)18-17-9-12-6-7-14-15(8-12)21-11-20-14/h1-9H,10-11H2,(H,18,19)/b17-9-. The van der Waals surface area contributed by atoms with Gasteiger partial charge in [-0.1, -0.05) is 18.2 Å². The van der Waals surface area contributed by atoms with Crippen LogP contribution >= 0.6 is 11.8 Å². The molecule has 1 aliphatic heterocycles. The molecule has 1 aliphatic rings. The first-order valence-corrected chi connectivity index (χ1v) is 7.69. The van der Waals surface area contributed by atoms with Gasteiger partial charge in [0.15, 0.2) is 11.5 Å². The highest BCUT2D eigenvalue weighted by molar-refractivity contribution is 8.00. The van der Waals surface area contributed by atoms with E-state index < -0.39 is 0 Å². The molecule has 0 spiro atoms. The summed E-state index contributed by atoms with van der Waals surface area (Å²) in [5.74, 6) is 1.59. The summed E-state index contributed by atoms with van der Waals surface area (Å²) in [6, 6.07) is 15.2. The Bertz CT molecular complexity index is 689. The van der Waals surface area contributed by atoms with Crippen LogP contribution in [0.3, 0.4) is 0 Å². The molecule has 0 saturated carbocycles. The number of carbonyl (C=O) groups is 1.